The molecule has 1 fully saturated rings. The fourth-order valence-corrected chi connectivity index (χ4v) is 6.62. The summed E-state index contributed by atoms with van der Waals surface area (Å²) in [6.07, 6.45) is 5.37. The molecule has 0 unspecified atom stereocenters. The fraction of sp³-hybridized carbons (Fsp3) is 0.156. The molecule has 7 rings (SSSR count). The van der Waals surface area contributed by atoms with Crippen LogP contribution in [0.3, 0.4) is 0 Å². The largest absolute Gasteiger partial charge is 0.497 e. The van der Waals surface area contributed by atoms with Gasteiger partial charge in [0, 0.05) is 22.4 Å². The summed E-state index contributed by atoms with van der Waals surface area (Å²) in [5.41, 5.74) is 1.40. The first-order valence-corrected chi connectivity index (χ1v) is 12.5. The number of hydrogen-bond donors (Lipinski definition) is 0. The number of ketones is 3. The van der Waals surface area contributed by atoms with Crippen LogP contribution in [0.2, 0.25) is 0 Å². The van der Waals surface area contributed by atoms with E-state index in [4.69, 9.17) is 9.15 Å². The number of methoxy groups -OCH3 is 1. The van der Waals surface area contributed by atoms with Gasteiger partial charge in [0.05, 0.1) is 25.3 Å². The Morgan fingerprint density at radius 3 is 2.21 bits per heavy atom. The van der Waals surface area contributed by atoms with E-state index in [0.717, 1.165) is 11.3 Å². The molecule has 1 spiro atoms. The average Bonchev–Trinajstić information content (AvgIpc) is 3.66. The summed E-state index contributed by atoms with van der Waals surface area (Å²) in [6.45, 7) is 0. The second-order valence-corrected chi connectivity index (χ2v) is 9.87. The van der Waals surface area contributed by atoms with Crippen LogP contribution in [0.25, 0.3) is 6.08 Å². The molecule has 0 saturated carbocycles. The van der Waals surface area contributed by atoms with Gasteiger partial charge >= 0.3 is 0 Å². The normalized spacial score (nSPS) is 22.3. The first-order chi connectivity index (χ1) is 18.6. The van der Waals surface area contributed by atoms with E-state index in [-0.39, 0.29) is 17.3 Å². The molecule has 0 amide bonds. The Kier molecular flexibility index (Phi) is 4.82. The molecular weight excluding hydrogens is 478 g/mol. The second kappa shape index (κ2) is 8.15. The summed E-state index contributed by atoms with van der Waals surface area (Å²) < 4.78 is 11.2. The van der Waals surface area contributed by atoms with Crippen molar-refractivity contribution in [1.82, 2.24) is 0 Å². The van der Waals surface area contributed by atoms with Crippen LogP contribution in [0.5, 0.6) is 5.75 Å². The van der Waals surface area contributed by atoms with Crippen molar-refractivity contribution < 1.29 is 23.5 Å². The molecule has 6 heteroatoms. The molecule has 1 aliphatic carbocycles. The van der Waals surface area contributed by atoms with Crippen LogP contribution in [0.4, 0.5) is 5.69 Å². The van der Waals surface area contributed by atoms with Gasteiger partial charge in [-0.25, -0.2) is 0 Å². The zero-order valence-corrected chi connectivity index (χ0v) is 20.5. The van der Waals surface area contributed by atoms with E-state index in [0.29, 0.717) is 28.2 Å². The quantitative estimate of drug-likeness (QED) is 0.267. The van der Waals surface area contributed by atoms with E-state index in [1.54, 1.807) is 67.8 Å². The zero-order valence-electron chi connectivity index (χ0n) is 20.5. The van der Waals surface area contributed by atoms with E-state index in [9.17, 15) is 14.4 Å². The van der Waals surface area contributed by atoms with Crippen molar-refractivity contribution in [2.75, 3.05) is 12.0 Å². The Labute approximate surface area is 219 Å². The number of ether oxygens (including phenoxy) is 1. The lowest BCUT2D eigenvalue weighted by Gasteiger charge is -2.37. The van der Waals surface area contributed by atoms with Crippen LogP contribution in [0.1, 0.15) is 48.3 Å². The smallest absolute Gasteiger partial charge is 0.186 e. The molecule has 38 heavy (non-hydrogen) atoms. The SMILES string of the molecule is COc1ccc(C(=O)[C@@H]2[C@H](c3ccco3)C3(C(=O)c4ccccc4C3=O)[C@@H]3C=Cc4ccccc4N23)cc1. The van der Waals surface area contributed by atoms with Crippen molar-refractivity contribution in [2.24, 2.45) is 5.41 Å². The summed E-state index contributed by atoms with van der Waals surface area (Å²) in [4.78, 5) is 45.3. The van der Waals surface area contributed by atoms with Gasteiger partial charge in [-0.05, 0) is 48.0 Å². The number of Topliss-reactive ketones (excluding diaryl/α,β-unsaturated/α-hetero) is 3. The molecular formula is C32H23NO5. The Hall–Kier alpha value is -4.71. The van der Waals surface area contributed by atoms with Crippen LogP contribution in [-0.2, 0) is 0 Å². The van der Waals surface area contributed by atoms with Gasteiger partial charge in [0.1, 0.15) is 23.0 Å². The fourth-order valence-electron chi connectivity index (χ4n) is 6.62. The summed E-state index contributed by atoms with van der Waals surface area (Å²) in [7, 11) is 1.57. The van der Waals surface area contributed by atoms with Crippen molar-refractivity contribution in [1.29, 1.82) is 0 Å². The number of rotatable bonds is 4. The van der Waals surface area contributed by atoms with E-state index in [1.165, 1.54) is 6.26 Å². The predicted molar refractivity (Wildman–Crippen MR) is 142 cm³/mol. The minimum absolute atomic E-state index is 0.197. The van der Waals surface area contributed by atoms with Gasteiger partial charge in [-0.15, -0.1) is 0 Å². The van der Waals surface area contributed by atoms with Crippen molar-refractivity contribution in [3.05, 3.63) is 125 Å². The molecule has 3 aromatic carbocycles. The van der Waals surface area contributed by atoms with Crippen LogP contribution in [0.15, 0.2) is 102 Å². The summed E-state index contributed by atoms with van der Waals surface area (Å²) in [5.74, 6) is -0.524. The Bertz CT molecular complexity index is 1600. The highest BCUT2D eigenvalue weighted by molar-refractivity contribution is 6.32. The number of hydrogen-bond acceptors (Lipinski definition) is 6. The Morgan fingerprint density at radius 1 is 0.868 bits per heavy atom. The van der Waals surface area contributed by atoms with E-state index < -0.39 is 23.4 Å². The van der Waals surface area contributed by atoms with Crippen LogP contribution < -0.4 is 9.64 Å². The molecule has 2 aliphatic heterocycles. The molecule has 0 radical (unpaired) electrons. The lowest BCUT2D eigenvalue weighted by Crippen LogP contribution is -2.48. The van der Waals surface area contributed by atoms with Gasteiger partial charge < -0.3 is 14.1 Å². The van der Waals surface area contributed by atoms with Gasteiger partial charge in [0.25, 0.3) is 0 Å². The third-order valence-electron chi connectivity index (χ3n) is 8.21. The maximum atomic E-state index is 14.5. The number of carbonyl (C=O) groups excluding carboxylic acids is 3. The number of anilines is 1. The number of furan rings is 1. The van der Waals surface area contributed by atoms with E-state index in [1.807, 2.05) is 41.3 Å². The third-order valence-corrected chi connectivity index (χ3v) is 8.21. The number of para-hydroxylation sites is 1. The van der Waals surface area contributed by atoms with Crippen LogP contribution in [0, 0.1) is 5.41 Å². The maximum Gasteiger partial charge on any atom is 0.186 e. The lowest BCUT2D eigenvalue weighted by atomic mass is 9.65. The summed E-state index contributed by atoms with van der Waals surface area (Å²) in [6, 6.07) is 23.6. The van der Waals surface area contributed by atoms with Crippen molar-refractivity contribution >= 4 is 29.1 Å². The number of carbonyl (C=O) groups is 3. The number of nitrogens with zero attached hydrogens (tertiary/aromatic N) is 1. The summed E-state index contributed by atoms with van der Waals surface area (Å²) in [5, 5.41) is 0. The Balaban J connectivity index is 1.51. The van der Waals surface area contributed by atoms with Crippen LogP contribution in [-0.4, -0.2) is 36.5 Å². The van der Waals surface area contributed by atoms with Crippen molar-refractivity contribution in [2.45, 2.75) is 18.0 Å². The predicted octanol–water partition coefficient (Wildman–Crippen LogP) is 5.60. The monoisotopic (exact) mass is 501 g/mol. The first kappa shape index (κ1) is 22.5. The van der Waals surface area contributed by atoms with Crippen molar-refractivity contribution in [3.63, 3.8) is 0 Å². The van der Waals surface area contributed by atoms with Gasteiger partial charge in [0.2, 0.25) is 0 Å². The Morgan fingerprint density at radius 2 is 1.55 bits per heavy atom. The molecule has 186 valence electrons. The van der Waals surface area contributed by atoms with E-state index >= 15 is 0 Å². The lowest BCUT2D eigenvalue weighted by molar-refractivity contribution is 0.0652. The molecule has 0 N–H and O–H groups in total. The number of fused-ring (bicyclic) bond motifs is 5. The first-order valence-electron chi connectivity index (χ1n) is 12.5. The van der Waals surface area contributed by atoms with Gasteiger partial charge in [-0.3, -0.25) is 14.4 Å². The molecule has 0 bridgehead atoms. The van der Waals surface area contributed by atoms with Crippen LogP contribution >= 0.6 is 0 Å². The molecule has 4 aromatic rings. The molecule has 3 heterocycles. The third kappa shape index (κ3) is 2.80. The molecule has 3 aliphatic rings. The topological polar surface area (TPSA) is 76.8 Å². The maximum absolute atomic E-state index is 14.5. The highest BCUT2D eigenvalue weighted by atomic mass is 16.5. The van der Waals surface area contributed by atoms with E-state index in [2.05, 4.69) is 0 Å². The van der Waals surface area contributed by atoms with Crippen molar-refractivity contribution in [3.8, 4) is 5.75 Å². The zero-order chi connectivity index (χ0) is 26.0. The van der Waals surface area contributed by atoms with Gasteiger partial charge in [-0.2, -0.15) is 0 Å². The van der Waals surface area contributed by atoms with Gasteiger partial charge in [-0.1, -0.05) is 54.6 Å². The second-order valence-electron chi connectivity index (χ2n) is 9.87. The number of benzene rings is 3. The minimum atomic E-state index is -1.56. The minimum Gasteiger partial charge on any atom is -0.497 e. The molecule has 3 atom stereocenters. The summed E-state index contributed by atoms with van der Waals surface area (Å²) >= 11 is 0. The standard InChI is InChI=1S/C32H23NO5/c1-37-21-15-12-20(13-16-21)29(34)28-27(25-11-6-18-38-25)32(30(35)22-8-3-4-9-23(22)31(32)36)26-17-14-19-7-2-5-10-24(19)33(26)28/h2-18,26-28H,1H3/t26-,27-,28-/m0/s1. The average molecular weight is 502 g/mol. The van der Waals surface area contributed by atoms with Gasteiger partial charge in [0.15, 0.2) is 17.3 Å². The molecule has 1 saturated heterocycles. The molecule has 6 nitrogen and oxygen atoms in total. The highest BCUT2D eigenvalue weighted by Crippen LogP contribution is 2.61. The highest BCUT2D eigenvalue weighted by Gasteiger charge is 2.72. The molecule has 1 aromatic heterocycles.